The first-order valence-corrected chi connectivity index (χ1v) is 45.1. The summed E-state index contributed by atoms with van der Waals surface area (Å²) < 4.78 is 72.1. The predicted molar refractivity (Wildman–Crippen MR) is 445 cm³/mol. The summed E-state index contributed by atoms with van der Waals surface area (Å²) in [7, 11) is 0. The molecular formula is C90H166N6O12. The summed E-state index contributed by atoms with van der Waals surface area (Å²) in [6.07, 6.45) is 49.3. The molecule has 5 rings (SSSR count). The number of hydrogen-bond acceptors (Lipinski definition) is 18. The fourth-order valence-electron chi connectivity index (χ4n) is 14.8. The Labute approximate surface area is 662 Å². The number of nitrogens with zero attached hydrogens (tertiary/aromatic N) is 6. The van der Waals surface area contributed by atoms with Crippen molar-refractivity contribution >= 4 is 0 Å². The average Bonchev–Trinajstić information content (AvgIpc) is 0.971. The lowest BCUT2D eigenvalue weighted by Gasteiger charge is -2.23. The second-order valence-electron chi connectivity index (χ2n) is 31.0. The Kier molecular flexibility index (Phi) is 67.8. The minimum atomic E-state index is 0.639. The van der Waals surface area contributed by atoms with Crippen LogP contribution in [0.5, 0.6) is 0 Å². The van der Waals surface area contributed by atoms with E-state index in [-0.39, 0.29) is 0 Å². The summed E-state index contributed by atoms with van der Waals surface area (Å²) in [6.45, 7) is 34.0. The zero-order chi connectivity index (χ0) is 75.3. The van der Waals surface area contributed by atoms with Gasteiger partial charge in [0.25, 0.3) is 0 Å². The van der Waals surface area contributed by atoms with Gasteiger partial charge in [-0.3, -0.25) is 29.4 Å². The van der Waals surface area contributed by atoms with Gasteiger partial charge >= 0.3 is 0 Å². The molecule has 0 bridgehead atoms. The lowest BCUT2D eigenvalue weighted by Crippen LogP contribution is -2.34. The van der Waals surface area contributed by atoms with Crippen LogP contribution in [0.4, 0.5) is 0 Å². The molecule has 3 aliphatic heterocycles. The molecule has 0 aliphatic carbocycles. The summed E-state index contributed by atoms with van der Waals surface area (Å²) in [5.41, 5.74) is 2.63. The van der Waals surface area contributed by atoms with Crippen molar-refractivity contribution in [3.63, 3.8) is 0 Å². The Hall–Kier alpha value is -2.28. The zero-order valence-electron chi connectivity index (χ0n) is 69.5. The number of unbranched alkanes of at least 4 members (excludes halogenated alkanes) is 34. The third-order valence-corrected chi connectivity index (χ3v) is 21.7. The van der Waals surface area contributed by atoms with Gasteiger partial charge in [-0.1, -0.05) is 266 Å². The van der Waals surface area contributed by atoms with Crippen molar-refractivity contribution in [2.75, 3.05) is 263 Å². The average molecular weight is 1520 g/mol. The van der Waals surface area contributed by atoms with Gasteiger partial charge in [-0.25, -0.2) is 0 Å². The maximum absolute atomic E-state index is 6.08. The van der Waals surface area contributed by atoms with E-state index in [1.54, 1.807) is 0 Å². The van der Waals surface area contributed by atoms with Crippen molar-refractivity contribution in [2.24, 2.45) is 0 Å². The fraction of sp³-hybridized carbons (Fsp3) is 0.867. The minimum absolute atomic E-state index is 0.639. The van der Waals surface area contributed by atoms with Gasteiger partial charge in [0.05, 0.1) is 159 Å². The van der Waals surface area contributed by atoms with E-state index < -0.39 is 0 Å². The van der Waals surface area contributed by atoms with Crippen LogP contribution >= 0.6 is 0 Å². The van der Waals surface area contributed by atoms with Gasteiger partial charge in [0, 0.05) is 91.6 Å². The summed E-state index contributed by atoms with van der Waals surface area (Å²) in [6, 6.07) is 21.3. The maximum Gasteiger partial charge on any atom is 0.0701 e. The van der Waals surface area contributed by atoms with Crippen molar-refractivity contribution in [3.8, 4) is 0 Å². The SMILES string of the molecule is c1ccc(CN2CCOCCOCCN(CCCCCCCCCCCCCCCCCCCCN3CCOCCOCCN(CCCCCCCCCCCCCCCCCCCCN4CCOCCOCCN(Cc5ccccc5)CCOCCOCC4)CCOCCOCC3)CCOCCOCC2)cc1. The lowest BCUT2D eigenvalue weighted by atomic mass is 10.0. The van der Waals surface area contributed by atoms with Gasteiger partial charge in [-0.15, -0.1) is 0 Å². The number of benzene rings is 2. The molecule has 0 spiro atoms. The van der Waals surface area contributed by atoms with Crippen LogP contribution in [0.3, 0.4) is 0 Å². The number of rotatable bonds is 46. The second-order valence-corrected chi connectivity index (χ2v) is 31.0. The van der Waals surface area contributed by atoms with E-state index in [0.29, 0.717) is 106 Å². The Morgan fingerprint density at radius 3 is 0.426 bits per heavy atom. The summed E-state index contributed by atoms with van der Waals surface area (Å²) in [5.74, 6) is 0. The maximum atomic E-state index is 6.08. The van der Waals surface area contributed by atoms with Crippen LogP contribution in [0.15, 0.2) is 60.7 Å². The molecule has 0 N–H and O–H groups in total. The molecule has 0 amide bonds. The molecular weight excluding hydrogens is 1360 g/mol. The van der Waals surface area contributed by atoms with Gasteiger partial charge in [0.15, 0.2) is 0 Å². The van der Waals surface area contributed by atoms with Crippen LogP contribution in [0.2, 0.25) is 0 Å². The first-order valence-electron chi connectivity index (χ1n) is 45.1. The summed E-state index contributed by atoms with van der Waals surface area (Å²) >= 11 is 0. The van der Waals surface area contributed by atoms with Crippen LogP contribution in [-0.2, 0) is 69.9 Å². The molecule has 0 unspecified atom stereocenters. The highest BCUT2D eigenvalue weighted by Gasteiger charge is 2.14. The second kappa shape index (κ2) is 76.0. The normalized spacial score (nSPS) is 19.4. The highest BCUT2D eigenvalue weighted by Crippen LogP contribution is 2.18. The molecule has 18 nitrogen and oxygen atoms in total. The third kappa shape index (κ3) is 61.2. The van der Waals surface area contributed by atoms with Crippen molar-refractivity contribution in [3.05, 3.63) is 71.8 Å². The summed E-state index contributed by atoms with van der Waals surface area (Å²) in [5, 5.41) is 0. The Bertz CT molecular complexity index is 1910. The molecule has 3 aliphatic rings. The summed E-state index contributed by atoms with van der Waals surface area (Å²) in [4.78, 5) is 14.9. The Balaban J connectivity index is 0.722. The van der Waals surface area contributed by atoms with Gasteiger partial charge in [0.1, 0.15) is 0 Å². The smallest absolute Gasteiger partial charge is 0.0701 e. The van der Waals surface area contributed by atoms with Crippen LogP contribution in [0.1, 0.15) is 242 Å². The van der Waals surface area contributed by atoms with Crippen LogP contribution in [0.25, 0.3) is 0 Å². The molecule has 3 heterocycles. The first kappa shape index (κ1) is 96.3. The zero-order valence-corrected chi connectivity index (χ0v) is 69.5. The lowest BCUT2D eigenvalue weighted by molar-refractivity contribution is 0.00699. The minimum Gasteiger partial charge on any atom is -0.378 e. The molecule has 0 aromatic heterocycles. The van der Waals surface area contributed by atoms with Crippen LogP contribution in [-0.4, -0.2) is 293 Å². The highest BCUT2D eigenvalue weighted by atomic mass is 16.5. The number of hydrogen-bond donors (Lipinski definition) is 0. The Morgan fingerprint density at radius 2 is 0.278 bits per heavy atom. The third-order valence-electron chi connectivity index (χ3n) is 21.7. The largest absolute Gasteiger partial charge is 0.378 e. The fourth-order valence-corrected chi connectivity index (χ4v) is 14.8. The predicted octanol–water partition coefficient (Wildman–Crippen LogP) is 16.5. The first-order chi connectivity index (χ1) is 53.8. The van der Waals surface area contributed by atoms with Crippen molar-refractivity contribution < 1.29 is 56.8 Å². The van der Waals surface area contributed by atoms with Gasteiger partial charge in [-0.2, -0.15) is 0 Å². The van der Waals surface area contributed by atoms with Gasteiger partial charge in [0.2, 0.25) is 0 Å². The van der Waals surface area contributed by atoms with E-state index in [1.165, 1.54) is 242 Å². The quantitative estimate of drug-likeness (QED) is 0.0582. The van der Waals surface area contributed by atoms with E-state index in [9.17, 15) is 0 Å². The highest BCUT2D eigenvalue weighted by molar-refractivity contribution is 5.15. The molecule has 3 fully saturated rings. The van der Waals surface area contributed by atoms with Crippen LogP contribution in [0, 0.1) is 0 Å². The van der Waals surface area contributed by atoms with Gasteiger partial charge < -0.3 is 56.8 Å². The van der Waals surface area contributed by atoms with E-state index in [1.807, 2.05) is 0 Å². The molecule has 2 aromatic rings. The number of ether oxygens (including phenoxy) is 12. The van der Waals surface area contributed by atoms with Gasteiger partial charge in [-0.05, 0) is 63.0 Å². The molecule has 0 atom stereocenters. The molecule has 628 valence electrons. The van der Waals surface area contributed by atoms with Crippen molar-refractivity contribution in [1.29, 1.82) is 0 Å². The van der Waals surface area contributed by atoms with E-state index in [0.717, 1.165) is 171 Å². The van der Waals surface area contributed by atoms with Crippen molar-refractivity contribution in [2.45, 2.75) is 244 Å². The van der Waals surface area contributed by atoms with E-state index in [4.69, 9.17) is 56.8 Å². The van der Waals surface area contributed by atoms with E-state index >= 15 is 0 Å². The standard InChI is InChI=1S/C90H166N6O12/c1(3-7-11-15-19-23-27-31-41-49-93-55-67-101-79-83-105-71-59-95(87-89-43-35-33-36-44-89)60-72-106-84-80-102-68-56-93)5-9-13-17-21-25-29-39-47-91-51-63-97-75-77-99-65-53-92(54-66-100-78-76-98-64-52-91)48-40-30-26-22-18-14-10-6-2-4-8-12-16-20-24-28-32-42-50-94-57-69-103-81-85-107-73-61-96(88-90-45-37-34-38-46-90)62-74-108-86-82-104-70-58-94/h33-38,43-46H,1-32,39-42,47-88H2. The molecule has 0 saturated carbocycles. The molecule has 108 heavy (non-hydrogen) atoms. The van der Waals surface area contributed by atoms with E-state index in [2.05, 4.69) is 90.1 Å². The Morgan fingerprint density at radius 1 is 0.148 bits per heavy atom. The van der Waals surface area contributed by atoms with Crippen LogP contribution < -0.4 is 0 Å². The molecule has 18 heteroatoms. The monoisotopic (exact) mass is 1520 g/mol. The molecule has 3 saturated heterocycles. The molecule has 2 aromatic carbocycles. The topological polar surface area (TPSA) is 130 Å². The molecule has 0 radical (unpaired) electrons. The van der Waals surface area contributed by atoms with Crippen molar-refractivity contribution in [1.82, 2.24) is 29.4 Å².